The van der Waals surface area contributed by atoms with Gasteiger partial charge in [0.15, 0.2) is 5.17 Å². The molecule has 4 rings (SSSR count). The molecule has 1 aliphatic heterocycles. The molecule has 0 bridgehead atoms. The molecule has 0 aliphatic carbocycles. The molecule has 0 fully saturated rings. The van der Waals surface area contributed by atoms with Gasteiger partial charge < -0.3 is 5.73 Å². The molecule has 0 saturated heterocycles. The number of pyridine rings is 1. The molecular formula is C23H17F2N5OS. The minimum Gasteiger partial charge on any atom is -0.366 e. The number of amidine groups is 1. The molecule has 2 heterocycles. The number of hydrogen-bond acceptors (Lipinski definition) is 5. The lowest BCUT2D eigenvalue weighted by Crippen LogP contribution is -2.26. The van der Waals surface area contributed by atoms with Crippen LogP contribution in [0, 0.1) is 11.6 Å². The van der Waals surface area contributed by atoms with Crippen LogP contribution in [0.15, 0.2) is 88.1 Å². The fourth-order valence-electron chi connectivity index (χ4n) is 3.08. The van der Waals surface area contributed by atoms with Gasteiger partial charge in [-0.05, 0) is 48.2 Å². The van der Waals surface area contributed by atoms with E-state index in [0.717, 1.165) is 17.1 Å². The predicted molar refractivity (Wildman–Crippen MR) is 122 cm³/mol. The molecule has 3 aromatic rings. The number of hydrazone groups is 1. The molecule has 0 radical (unpaired) electrons. The third-order valence-corrected chi connectivity index (χ3v) is 5.74. The fraction of sp³-hybridized carbons (Fsp3) is 0.0435. The quantitative estimate of drug-likeness (QED) is 0.363. The molecule has 0 saturated carbocycles. The molecule has 0 spiro atoms. The van der Waals surface area contributed by atoms with Gasteiger partial charge in [-0.15, -0.1) is 0 Å². The molecule has 1 aromatic heterocycles. The van der Waals surface area contributed by atoms with Crippen LogP contribution in [0.2, 0.25) is 0 Å². The molecule has 9 heteroatoms. The van der Waals surface area contributed by atoms with Gasteiger partial charge in [0.05, 0.1) is 27.4 Å². The standard InChI is InChI=1S/C23H17F2N5OS/c1-13-5-8-19(15-6-7-16(22(26)31)17(24)10-15)29-30(13)23(27-2)32-21-11-14-4-3-9-28-20(14)12-18(21)25/h3-12H,1H2,2H3,(H2,26,31). The number of amides is 1. The zero-order valence-electron chi connectivity index (χ0n) is 16.9. The highest BCUT2D eigenvalue weighted by Gasteiger charge is 2.21. The first kappa shape index (κ1) is 21.4. The Kier molecular flexibility index (Phi) is 5.83. The second kappa shape index (κ2) is 8.72. The van der Waals surface area contributed by atoms with E-state index in [0.29, 0.717) is 32.6 Å². The molecule has 1 aliphatic rings. The van der Waals surface area contributed by atoms with Crippen molar-refractivity contribution in [2.45, 2.75) is 4.90 Å². The molecule has 1 amide bonds. The van der Waals surface area contributed by atoms with Crippen molar-refractivity contribution >= 4 is 39.5 Å². The van der Waals surface area contributed by atoms with E-state index in [4.69, 9.17) is 5.73 Å². The molecule has 0 atom stereocenters. The summed E-state index contributed by atoms with van der Waals surface area (Å²) in [4.78, 5) is 20.0. The number of allylic oxidation sites excluding steroid dienone is 2. The molecule has 32 heavy (non-hydrogen) atoms. The summed E-state index contributed by atoms with van der Waals surface area (Å²) in [6, 6.07) is 10.7. The summed E-state index contributed by atoms with van der Waals surface area (Å²) in [6.45, 7) is 3.96. The summed E-state index contributed by atoms with van der Waals surface area (Å²) >= 11 is 1.08. The van der Waals surface area contributed by atoms with E-state index in [2.05, 4.69) is 21.7 Å². The average molecular weight is 449 g/mol. The van der Waals surface area contributed by atoms with Crippen molar-refractivity contribution in [1.29, 1.82) is 0 Å². The van der Waals surface area contributed by atoms with Crippen LogP contribution in [0.5, 0.6) is 0 Å². The Morgan fingerprint density at radius 3 is 2.69 bits per heavy atom. The summed E-state index contributed by atoms with van der Waals surface area (Å²) in [5.74, 6) is -2.03. The van der Waals surface area contributed by atoms with Gasteiger partial charge in [-0.25, -0.2) is 13.8 Å². The van der Waals surface area contributed by atoms with Crippen molar-refractivity contribution in [1.82, 2.24) is 9.99 Å². The summed E-state index contributed by atoms with van der Waals surface area (Å²) < 4.78 is 28.9. The van der Waals surface area contributed by atoms with Crippen molar-refractivity contribution in [2.24, 2.45) is 15.8 Å². The molecule has 2 aromatic carbocycles. The predicted octanol–water partition coefficient (Wildman–Crippen LogP) is 4.48. The van der Waals surface area contributed by atoms with Gasteiger partial charge in [-0.2, -0.15) is 5.10 Å². The van der Waals surface area contributed by atoms with Gasteiger partial charge in [0.25, 0.3) is 5.91 Å². The monoisotopic (exact) mass is 449 g/mol. The number of fused-ring (bicyclic) bond motifs is 1. The third-order valence-electron chi connectivity index (χ3n) is 4.67. The second-order valence-corrected chi connectivity index (χ2v) is 7.78. The number of carbonyl (C=O) groups excluding carboxylic acids is 1. The Balaban J connectivity index is 1.67. The maximum Gasteiger partial charge on any atom is 0.251 e. The largest absolute Gasteiger partial charge is 0.366 e. The van der Waals surface area contributed by atoms with Gasteiger partial charge in [-0.1, -0.05) is 18.7 Å². The van der Waals surface area contributed by atoms with E-state index in [-0.39, 0.29) is 5.56 Å². The molecule has 6 nitrogen and oxygen atoms in total. The number of primary amides is 1. The number of aromatic nitrogens is 1. The number of nitrogens with zero attached hydrogens (tertiary/aromatic N) is 4. The summed E-state index contributed by atoms with van der Waals surface area (Å²) in [7, 11) is 1.56. The lowest BCUT2D eigenvalue weighted by Gasteiger charge is -2.24. The van der Waals surface area contributed by atoms with Crippen LogP contribution >= 0.6 is 11.8 Å². The number of hydrogen-bond donors (Lipinski definition) is 1. The first-order valence-electron chi connectivity index (χ1n) is 9.41. The Hall–Kier alpha value is -3.85. The van der Waals surface area contributed by atoms with Crippen LogP contribution < -0.4 is 5.73 Å². The number of thioether (sulfide) groups is 1. The summed E-state index contributed by atoms with van der Waals surface area (Å²) in [5.41, 5.74) is 6.86. The SMILES string of the molecule is C=C1C=CC(c2ccc(C(N)=O)c(F)c2)=NN1C(=NC)Sc1cc2cccnc2cc1F. The van der Waals surface area contributed by atoms with Crippen LogP contribution in [0.25, 0.3) is 10.9 Å². The van der Waals surface area contributed by atoms with Gasteiger partial charge in [0, 0.05) is 30.3 Å². The molecular weight excluding hydrogens is 432 g/mol. The molecule has 0 unspecified atom stereocenters. The highest BCUT2D eigenvalue weighted by Crippen LogP contribution is 2.30. The summed E-state index contributed by atoms with van der Waals surface area (Å²) in [5, 5.41) is 7.11. The van der Waals surface area contributed by atoms with E-state index >= 15 is 0 Å². The lowest BCUT2D eigenvalue weighted by molar-refractivity contribution is 0.0996. The van der Waals surface area contributed by atoms with Crippen molar-refractivity contribution in [3.8, 4) is 0 Å². The van der Waals surface area contributed by atoms with Crippen LogP contribution in [-0.4, -0.2) is 33.8 Å². The number of benzene rings is 2. The van der Waals surface area contributed by atoms with Gasteiger partial charge in [0.2, 0.25) is 0 Å². The molecule has 160 valence electrons. The number of carbonyl (C=O) groups is 1. The number of aliphatic imine (C=N–C) groups is 1. The first-order valence-corrected chi connectivity index (χ1v) is 10.2. The minimum absolute atomic E-state index is 0.206. The highest BCUT2D eigenvalue weighted by atomic mass is 32.2. The number of halogens is 2. The van der Waals surface area contributed by atoms with E-state index < -0.39 is 17.5 Å². The van der Waals surface area contributed by atoms with E-state index in [1.165, 1.54) is 23.2 Å². The zero-order valence-corrected chi connectivity index (χ0v) is 17.7. The van der Waals surface area contributed by atoms with E-state index in [1.807, 2.05) is 6.07 Å². The maximum absolute atomic E-state index is 14.7. The van der Waals surface area contributed by atoms with Crippen LogP contribution in [0.1, 0.15) is 15.9 Å². The molecule has 2 N–H and O–H groups in total. The van der Waals surface area contributed by atoms with Gasteiger partial charge in [-0.3, -0.25) is 14.8 Å². The van der Waals surface area contributed by atoms with E-state index in [1.54, 1.807) is 43.6 Å². The second-order valence-electron chi connectivity index (χ2n) is 6.77. The average Bonchev–Trinajstić information content (AvgIpc) is 2.78. The third kappa shape index (κ3) is 4.15. The van der Waals surface area contributed by atoms with Crippen molar-refractivity contribution in [3.05, 3.63) is 95.9 Å². The van der Waals surface area contributed by atoms with Crippen LogP contribution in [-0.2, 0) is 0 Å². The highest BCUT2D eigenvalue weighted by molar-refractivity contribution is 8.13. The first-order chi connectivity index (χ1) is 15.4. The van der Waals surface area contributed by atoms with Crippen LogP contribution in [0.3, 0.4) is 0 Å². The minimum atomic E-state index is -0.852. The fourth-order valence-corrected chi connectivity index (χ4v) is 3.95. The van der Waals surface area contributed by atoms with Gasteiger partial charge >= 0.3 is 0 Å². The van der Waals surface area contributed by atoms with Crippen LogP contribution in [0.4, 0.5) is 8.78 Å². The van der Waals surface area contributed by atoms with Crippen molar-refractivity contribution in [3.63, 3.8) is 0 Å². The van der Waals surface area contributed by atoms with Crippen molar-refractivity contribution in [2.75, 3.05) is 7.05 Å². The lowest BCUT2D eigenvalue weighted by atomic mass is 10.1. The normalized spacial score (nSPS) is 14.1. The number of nitrogens with two attached hydrogens (primary N) is 1. The van der Waals surface area contributed by atoms with Gasteiger partial charge in [0.1, 0.15) is 11.6 Å². The Morgan fingerprint density at radius 2 is 1.97 bits per heavy atom. The summed E-state index contributed by atoms with van der Waals surface area (Å²) in [6.07, 6.45) is 4.96. The Labute approximate surface area is 186 Å². The van der Waals surface area contributed by atoms with E-state index in [9.17, 15) is 13.6 Å². The zero-order chi connectivity index (χ0) is 22.8. The smallest absolute Gasteiger partial charge is 0.251 e. The maximum atomic E-state index is 14.7. The van der Waals surface area contributed by atoms with Crippen molar-refractivity contribution < 1.29 is 13.6 Å². The Morgan fingerprint density at radius 1 is 1.16 bits per heavy atom. The number of rotatable bonds is 3. The topological polar surface area (TPSA) is 83.9 Å². The Bertz CT molecular complexity index is 1350.